The average molecular weight is 356 g/mol. The maximum atomic E-state index is 12.2. The van der Waals surface area contributed by atoms with Crippen molar-refractivity contribution in [1.82, 2.24) is 15.2 Å². The third kappa shape index (κ3) is 3.06. The summed E-state index contributed by atoms with van der Waals surface area (Å²) in [5, 5.41) is 3.30. The Hall–Kier alpha value is -2.93. The van der Waals surface area contributed by atoms with Gasteiger partial charge in [0.2, 0.25) is 5.96 Å². The van der Waals surface area contributed by atoms with Crippen molar-refractivity contribution in [2.75, 3.05) is 7.05 Å². The maximum Gasteiger partial charge on any atom is 0.276 e. The second-order valence-electron chi connectivity index (χ2n) is 5.75. The molecule has 126 valence electrons. The molecule has 0 saturated carbocycles. The van der Waals surface area contributed by atoms with Gasteiger partial charge in [0.15, 0.2) is 5.82 Å². The molecule has 1 amide bonds. The van der Waals surface area contributed by atoms with E-state index in [-0.39, 0.29) is 11.8 Å². The standard InChI is InChI=1S/C17H14ClN5O2/c1-23(9-12-3-2-4-25-12)17-21-14(16(24)22-17)5-10-7-19-15-13(10)6-11(18)8-20-15/h2-8,10H,9H2,1H3,(H,21,22,24)/b14-5-. The smallest absolute Gasteiger partial charge is 0.276 e. The normalized spacial score (nSPS) is 19.9. The van der Waals surface area contributed by atoms with E-state index in [1.807, 2.05) is 24.1 Å². The lowest BCUT2D eigenvalue weighted by Crippen LogP contribution is -2.37. The highest BCUT2D eigenvalue weighted by atomic mass is 35.5. The molecule has 0 fully saturated rings. The number of furan rings is 1. The number of fused-ring (bicyclic) bond motifs is 1. The topological polar surface area (TPSA) is 83.1 Å². The highest BCUT2D eigenvalue weighted by Crippen LogP contribution is 2.33. The predicted octanol–water partition coefficient (Wildman–Crippen LogP) is 2.63. The van der Waals surface area contributed by atoms with Crippen LogP contribution in [0.25, 0.3) is 0 Å². The van der Waals surface area contributed by atoms with Crippen molar-refractivity contribution in [3.8, 4) is 0 Å². The van der Waals surface area contributed by atoms with Gasteiger partial charge < -0.3 is 9.32 Å². The van der Waals surface area contributed by atoms with Crippen LogP contribution >= 0.6 is 11.6 Å². The number of hydrogen-bond acceptors (Lipinski definition) is 6. The number of guanidine groups is 1. The number of carbonyl (C=O) groups excluding carboxylic acids is 1. The third-order valence-electron chi connectivity index (χ3n) is 3.93. The molecule has 0 aliphatic carbocycles. The van der Waals surface area contributed by atoms with E-state index in [9.17, 15) is 4.79 Å². The van der Waals surface area contributed by atoms with Crippen LogP contribution < -0.4 is 5.32 Å². The first-order valence-corrected chi connectivity index (χ1v) is 8.03. The van der Waals surface area contributed by atoms with E-state index in [4.69, 9.17) is 16.0 Å². The van der Waals surface area contributed by atoms with E-state index >= 15 is 0 Å². The monoisotopic (exact) mass is 355 g/mol. The van der Waals surface area contributed by atoms with Crippen LogP contribution in [0.3, 0.4) is 0 Å². The van der Waals surface area contributed by atoms with Crippen molar-refractivity contribution < 1.29 is 9.21 Å². The lowest BCUT2D eigenvalue weighted by Gasteiger charge is -2.16. The number of nitrogens with one attached hydrogen (secondary N) is 1. The number of nitrogens with zero attached hydrogens (tertiary/aromatic N) is 4. The molecule has 0 aromatic carbocycles. The molecule has 1 atom stereocenters. The van der Waals surface area contributed by atoms with Crippen molar-refractivity contribution in [3.63, 3.8) is 0 Å². The average Bonchev–Trinajstić information content (AvgIpc) is 3.30. The Balaban J connectivity index is 1.56. The number of hydrogen-bond donors (Lipinski definition) is 1. The molecule has 1 unspecified atom stereocenters. The molecule has 2 aliphatic heterocycles. The zero-order valence-electron chi connectivity index (χ0n) is 13.3. The van der Waals surface area contributed by atoms with Gasteiger partial charge in [-0.3, -0.25) is 10.1 Å². The summed E-state index contributed by atoms with van der Waals surface area (Å²) in [6.07, 6.45) is 6.65. The minimum atomic E-state index is -0.252. The fourth-order valence-electron chi connectivity index (χ4n) is 2.70. The molecule has 25 heavy (non-hydrogen) atoms. The van der Waals surface area contributed by atoms with Crippen LogP contribution in [0.2, 0.25) is 5.02 Å². The lowest BCUT2D eigenvalue weighted by molar-refractivity contribution is -0.115. The van der Waals surface area contributed by atoms with Crippen molar-refractivity contribution in [3.05, 3.63) is 58.8 Å². The number of allylic oxidation sites excluding steroid dienone is 1. The summed E-state index contributed by atoms with van der Waals surface area (Å²) < 4.78 is 5.31. The first-order valence-electron chi connectivity index (χ1n) is 7.65. The number of rotatable bonds is 3. The summed E-state index contributed by atoms with van der Waals surface area (Å²) in [5.41, 5.74) is 1.20. The van der Waals surface area contributed by atoms with E-state index < -0.39 is 0 Å². The zero-order chi connectivity index (χ0) is 17.4. The lowest BCUT2D eigenvalue weighted by atomic mass is 10.0. The molecular formula is C17H14ClN5O2. The van der Waals surface area contributed by atoms with Gasteiger partial charge in [-0.15, -0.1) is 0 Å². The van der Waals surface area contributed by atoms with Crippen LogP contribution in [0.5, 0.6) is 0 Å². The maximum absolute atomic E-state index is 12.2. The van der Waals surface area contributed by atoms with Crippen LogP contribution in [0.1, 0.15) is 17.2 Å². The fraction of sp³-hybridized carbons (Fsp3) is 0.176. The molecule has 0 spiro atoms. The third-order valence-corrected chi connectivity index (χ3v) is 4.14. The van der Waals surface area contributed by atoms with E-state index in [1.54, 1.807) is 30.8 Å². The summed E-state index contributed by atoms with van der Waals surface area (Å²) in [6, 6.07) is 5.49. The van der Waals surface area contributed by atoms with Gasteiger partial charge in [-0.1, -0.05) is 11.6 Å². The Morgan fingerprint density at radius 3 is 3.16 bits per heavy atom. The predicted molar refractivity (Wildman–Crippen MR) is 94.0 cm³/mol. The van der Waals surface area contributed by atoms with Crippen molar-refractivity contribution >= 4 is 35.5 Å². The molecule has 4 heterocycles. The van der Waals surface area contributed by atoms with Crippen molar-refractivity contribution in [2.45, 2.75) is 12.5 Å². The highest BCUT2D eigenvalue weighted by molar-refractivity contribution is 6.30. The summed E-state index contributed by atoms with van der Waals surface area (Å²) in [7, 11) is 1.83. The number of halogens is 1. The van der Waals surface area contributed by atoms with Gasteiger partial charge in [0.05, 0.1) is 17.8 Å². The second-order valence-corrected chi connectivity index (χ2v) is 6.18. The van der Waals surface area contributed by atoms with E-state index in [0.29, 0.717) is 29.0 Å². The minimum Gasteiger partial charge on any atom is -0.467 e. The van der Waals surface area contributed by atoms with Gasteiger partial charge in [0.25, 0.3) is 5.91 Å². The van der Waals surface area contributed by atoms with Gasteiger partial charge in [0.1, 0.15) is 11.5 Å². The molecule has 0 radical (unpaired) electrons. The number of carbonyl (C=O) groups is 1. The van der Waals surface area contributed by atoms with Crippen LogP contribution in [-0.4, -0.2) is 35.0 Å². The zero-order valence-corrected chi connectivity index (χ0v) is 14.1. The van der Waals surface area contributed by atoms with E-state index in [1.165, 1.54) is 0 Å². The molecule has 7 nitrogen and oxygen atoms in total. The van der Waals surface area contributed by atoms with E-state index in [0.717, 1.165) is 11.3 Å². The highest BCUT2D eigenvalue weighted by Gasteiger charge is 2.26. The summed E-state index contributed by atoms with van der Waals surface area (Å²) >= 11 is 6.01. The van der Waals surface area contributed by atoms with Crippen molar-refractivity contribution in [2.24, 2.45) is 9.98 Å². The molecule has 0 bridgehead atoms. The summed E-state index contributed by atoms with van der Waals surface area (Å²) in [6.45, 7) is 0.507. The molecule has 2 aliphatic rings. The van der Waals surface area contributed by atoms with Crippen LogP contribution in [-0.2, 0) is 11.3 Å². The Morgan fingerprint density at radius 2 is 2.36 bits per heavy atom. The molecule has 8 heteroatoms. The largest absolute Gasteiger partial charge is 0.467 e. The molecule has 1 N–H and O–H groups in total. The van der Waals surface area contributed by atoms with Crippen LogP contribution in [0.4, 0.5) is 5.82 Å². The summed E-state index contributed by atoms with van der Waals surface area (Å²) in [5.74, 6) is 1.45. The Morgan fingerprint density at radius 1 is 1.48 bits per heavy atom. The molecule has 0 saturated heterocycles. The molecular weight excluding hydrogens is 342 g/mol. The Bertz CT molecular complexity index is 917. The van der Waals surface area contributed by atoms with Crippen molar-refractivity contribution in [1.29, 1.82) is 0 Å². The van der Waals surface area contributed by atoms with Gasteiger partial charge in [-0.2, -0.15) is 0 Å². The number of aliphatic imine (C=N–C) groups is 2. The minimum absolute atomic E-state index is 0.180. The van der Waals surface area contributed by atoms with Crippen LogP contribution in [0, 0.1) is 0 Å². The first kappa shape index (κ1) is 15.6. The first-order chi connectivity index (χ1) is 12.1. The fourth-order valence-corrected chi connectivity index (χ4v) is 2.86. The summed E-state index contributed by atoms with van der Waals surface area (Å²) in [4.78, 5) is 26.9. The number of amides is 1. The van der Waals surface area contributed by atoms with E-state index in [2.05, 4.69) is 20.3 Å². The number of pyridine rings is 1. The molecule has 4 rings (SSSR count). The second kappa shape index (κ2) is 6.18. The number of aromatic nitrogens is 1. The Labute approximate surface area is 148 Å². The van der Waals surface area contributed by atoms with Crippen LogP contribution in [0.15, 0.2) is 56.8 Å². The van der Waals surface area contributed by atoms with Gasteiger partial charge in [0, 0.05) is 30.9 Å². The van der Waals surface area contributed by atoms with Gasteiger partial charge in [-0.05, 0) is 24.3 Å². The van der Waals surface area contributed by atoms with Gasteiger partial charge in [-0.25, -0.2) is 15.0 Å². The quantitative estimate of drug-likeness (QED) is 0.858. The SMILES string of the molecule is CN(Cc1ccco1)C1=N/C(=C\C2C=Nc3ncc(Cl)cc32)C(=O)N1. The molecule has 2 aromatic rings. The van der Waals surface area contributed by atoms with Gasteiger partial charge >= 0.3 is 0 Å². The Kier molecular flexibility index (Phi) is 3.85. The molecule has 2 aromatic heterocycles.